The second-order valence-corrected chi connectivity index (χ2v) is 5.83. The minimum atomic E-state index is -0.317. The highest BCUT2D eigenvalue weighted by Crippen LogP contribution is 2.29. The van der Waals surface area contributed by atoms with Crippen LogP contribution in [-0.4, -0.2) is 45.3 Å². The number of nitro groups is 1. The first-order chi connectivity index (χ1) is 10.0. The van der Waals surface area contributed by atoms with Gasteiger partial charge in [-0.3, -0.25) is 10.1 Å². The van der Waals surface area contributed by atoms with Gasteiger partial charge in [0.1, 0.15) is 5.69 Å². The van der Waals surface area contributed by atoms with Crippen molar-refractivity contribution in [1.29, 1.82) is 0 Å². The first-order valence-corrected chi connectivity index (χ1v) is 7.72. The van der Waals surface area contributed by atoms with E-state index in [1.54, 1.807) is 11.7 Å². The smallest absolute Gasteiger partial charge is 0.333 e. The van der Waals surface area contributed by atoms with Crippen LogP contribution in [0.15, 0.2) is 0 Å². The molecule has 0 bridgehead atoms. The highest BCUT2D eigenvalue weighted by atomic mass is 16.6. The largest absolute Gasteiger partial charge is 0.361 e. The topological polar surface area (TPSA) is 76.2 Å². The molecule has 1 N–H and O–H groups in total. The monoisotopic (exact) mass is 295 g/mol. The molecule has 1 fully saturated rings. The number of rotatable bonds is 7. The molecule has 0 amide bonds. The van der Waals surface area contributed by atoms with Gasteiger partial charge in [0.15, 0.2) is 0 Å². The lowest BCUT2D eigenvalue weighted by molar-refractivity contribution is -0.384. The van der Waals surface area contributed by atoms with Crippen molar-refractivity contribution in [2.24, 2.45) is 7.05 Å². The third kappa shape index (κ3) is 3.72. The van der Waals surface area contributed by atoms with Crippen LogP contribution >= 0.6 is 0 Å². The maximum Gasteiger partial charge on any atom is 0.333 e. The zero-order chi connectivity index (χ0) is 15.4. The summed E-state index contributed by atoms with van der Waals surface area (Å²) in [5, 5.41) is 18.9. The Balaban J connectivity index is 2.12. The molecule has 118 valence electrons. The summed E-state index contributed by atoms with van der Waals surface area (Å²) >= 11 is 0. The fraction of sp³-hybridized carbons (Fsp3) is 0.786. The maximum absolute atomic E-state index is 11.4. The van der Waals surface area contributed by atoms with Gasteiger partial charge in [-0.25, -0.2) is 4.68 Å². The lowest BCUT2D eigenvalue weighted by Gasteiger charge is -2.21. The van der Waals surface area contributed by atoms with Crippen molar-refractivity contribution in [3.8, 4) is 0 Å². The van der Waals surface area contributed by atoms with Crippen molar-refractivity contribution < 1.29 is 4.92 Å². The number of hydrogen-bond acceptors (Lipinski definition) is 5. The molecule has 1 saturated heterocycles. The molecule has 21 heavy (non-hydrogen) atoms. The van der Waals surface area contributed by atoms with E-state index < -0.39 is 0 Å². The average molecular weight is 295 g/mol. The van der Waals surface area contributed by atoms with Crippen LogP contribution in [0.25, 0.3) is 0 Å². The van der Waals surface area contributed by atoms with E-state index in [9.17, 15) is 10.1 Å². The van der Waals surface area contributed by atoms with Gasteiger partial charge in [0.05, 0.1) is 4.92 Å². The lowest BCUT2D eigenvalue weighted by Crippen LogP contribution is -2.33. The van der Waals surface area contributed by atoms with Crippen molar-refractivity contribution in [3.63, 3.8) is 0 Å². The van der Waals surface area contributed by atoms with Crippen LogP contribution in [0.1, 0.15) is 38.8 Å². The molecule has 1 atom stereocenters. The van der Waals surface area contributed by atoms with E-state index in [4.69, 9.17) is 0 Å². The quantitative estimate of drug-likeness (QED) is 0.616. The highest BCUT2D eigenvalue weighted by molar-refractivity contribution is 5.60. The molecule has 0 radical (unpaired) electrons. The summed E-state index contributed by atoms with van der Waals surface area (Å²) in [5.41, 5.74) is 0.702. The average Bonchev–Trinajstić information content (AvgIpc) is 2.99. The molecule has 0 aromatic carbocycles. The van der Waals surface area contributed by atoms with Gasteiger partial charge in [-0.1, -0.05) is 13.3 Å². The Morgan fingerprint density at radius 1 is 1.43 bits per heavy atom. The molecule has 1 aliphatic rings. The number of anilines is 1. The van der Waals surface area contributed by atoms with E-state index in [1.807, 2.05) is 6.92 Å². The Morgan fingerprint density at radius 2 is 2.10 bits per heavy atom. The van der Waals surface area contributed by atoms with E-state index in [-0.39, 0.29) is 16.7 Å². The number of hydrogen-bond donors (Lipinski definition) is 1. The fourth-order valence-corrected chi connectivity index (χ4v) is 2.96. The van der Waals surface area contributed by atoms with E-state index in [2.05, 4.69) is 22.2 Å². The summed E-state index contributed by atoms with van der Waals surface area (Å²) in [6, 6.07) is 0.159. The Kier molecular flexibility index (Phi) is 5.17. The number of nitrogens with one attached hydrogen (secondary N) is 1. The van der Waals surface area contributed by atoms with Crippen LogP contribution in [0.2, 0.25) is 0 Å². The zero-order valence-electron chi connectivity index (χ0n) is 13.1. The molecule has 2 heterocycles. The van der Waals surface area contributed by atoms with E-state index in [1.165, 1.54) is 12.8 Å². The molecule has 1 aromatic heterocycles. The molecule has 0 saturated carbocycles. The summed E-state index contributed by atoms with van der Waals surface area (Å²) in [7, 11) is 1.76. The number of likely N-dealkylation sites (tertiary alicyclic amines) is 1. The second-order valence-electron chi connectivity index (χ2n) is 5.83. The van der Waals surface area contributed by atoms with Gasteiger partial charge in [-0.2, -0.15) is 5.10 Å². The second kappa shape index (κ2) is 6.89. The fourth-order valence-electron chi connectivity index (χ4n) is 2.96. The van der Waals surface area contributed by atoms with Crippen LogP contribution in [-0.2, 0) is 13.5 Å². The van der Waals surface area contributed by atoms with Gasteiger partial charge in [0, 0.05) is 19.6 Å². The summed E-state index contributed by atoms with van der Waals surface area (Å²) < 4.78 is 1.60. The Labute approximate surface area is 125 Å². The molecule has 0 spiro atoms. The van der Waals surface area contributed by atoms with Crippen molar-refractivity contribution in [1.82, 2.24) is 14.7 Å². The molecular weight excluding hydrogens is 270 g/mol. The standard InChI is InChI=1S/C14H25N5O2/c1-4-7-12-13(19(20)21)14(17(3)16-12)15-11(2)10-18-8-5-6-9-18/h11,15H,4-10H2,1-3H3. The third-order valence-corrected chi connectivity index (χ3v) is 3.88. The third-order valence-electron chi connectivity index (χ3n) is 3.88. The van der Waals surface area contributed by atoms with Crippen LogP contribution in [0.3, 0.4) is 0 Å². The molecule has 7 heteroatoms. The van der Waals surface area contributed by atoms with Crippen LogP contribution in [0, 0.1) is 10.1 Å². The number of nitrogens with zero attached hydrogens (tertiary/aromatic N) is 4. The minimum absolute atomic E-state index is 0.132. The highest BCUT2D eigenvalue weighted by Gasteiger charge is 2.27. The Morgan fingerprint density at radius 3 is 2.67 bits per heavy atom. The number of aromatic nitrogens is 2. The molecule has 7 nitrogen and oxygen atoms in total. The Hall–Kier alpha value is -1.63. The van der Waals surface area contributed by atoms with Crippen molar-refractivity contribution in [3.05, 3.63) is 15.8 Å². The van der Waals surface area contributed by atoms with E-state index in [0.717, 1.165) is 26.1 Å². The predicted octanol–water partition coefficient (Wildman–Crippen LogP) is 2.18. The van der Waals surface area contributed by atoms with Crippen molar-refractivity contribution in [2.75, 3.05) is 25.0 Å². The van der Waals surface area contributed by atoms with Gasteiger partial charge < -0.3 is 10.2 Å². The normalized spacial score (nSPS) is 17.1. The maximum atomic E-state index is 11.4. The van der Waals surface area contributed by atoms with Gasteiger partial charge in [0.2, 0.25) is 5.82 Å². The van der Waals surface area contributed by atoms with Crippen LogP contribution < -0.4 is 5.32 Å². The molecule has 0 aliphatic carbocycles. The molecule has 1 aromatic rings. The van der Waals surface area contributed by atoms with Crippen LogP contribution in [0.5, 0.6) is 0 Å². The first-order valence-electron chi connectivity index (χ1n) is 7.72. The molecule has 1 aliphatic heterocycles. The van der Waals surface area contributed by atoms with Gasteiger partial charge in [0.25, 0.3) is 0 Å². The van der Waals surface area contributed by atoms with Gasteiger partial charge >= 0.3 is 5.69 Å². The summed E-state index contributed by atoms with van der Waals surface area (Å²) in [5.74, 6) is 0.523. The van der Waals surface area contributed by atoms with Gasteiger partial charge in [-0.05, 0) is 39.3 Å². The SMILES string of the molecule is CCCc1nn(C)c(NC(C)CN2CCCC2)c1[N+](=O)[O-]. The molecule has 2 rings (SSSR count). The molecule has 1 unspecified atom stereocenters. The summed E-state index contributed by atoms with van der Waals surface area (Å²) in [4.78, 5) is 13.4. The lowest BCUT2D eigenvalue weighted by atomic mass is 10.2. The van der Waals surface area contributed by atoms with E-state index in [0.29, 0.717) is 17.9 Å². The first kappa shape index (κ1) is 15.8. The van der Waals surface area contributed by atoms with Crippen molar-refractivity contribution >= 4 is 11.5 Å². The van der Waals surface area contributed by atoms with Crippen molar-refractivity contribution in [2.45, 2.75) is 45.6 Å². The minimum Gasteiger partial charge on any atom is -0.361 e. The summed E-state index contributed by atoms with van der Waals surface area (Å²) in [6.45, 7) is 7.22. The zero-order valence-corrected chi connectivity index (χ0v) is 13.1. The van der Waals surface area contributed by atoms with E-state index >= 15 is 0 Å². The predicted molar refractivity (Wildman–Crippen MR) is 82.6 cm³/mol. The summed E-state index contributed by atoms with van der Waals surface area (Å²) in [6.07, 6.45) is 3.98. The van der Waals surface area contributed by atoms with Gasteiger partial charge in [-0.15, -0.1) is 0 Å². The Bertz CT molecular complexity index is 494. The molecular formula is C14H25N5O2. The van der Waals surface area contributed by atoms with Crippen LogP contribution in [0.4, 0.5) is 11.5 Å². The number of aryl methyl sites for hydroxylation is 2.